The van der Waals surface area contributed by atoms with Gasteiger partial charge in [-0.25, -0.2) is 0 Å². The number of hydrogen-bond donors (Lipinski definition) is 2. The monoisotopic (exact) mass is 448 g/mol. The van der Waals surface area contributed by atoms with Crippen molar-refractivity contribution >= 4 is 29.9 Å². The smallest absolute Gasteiger partial charge is 0.191 e. The second-order valence-corrected chi connectivity index (χ2v) is 6.13. The number of aliphatic imine (C=N–C) groups is 1. The van der Waals surface area contributed by atoms with E-state index in [0.29, 0.717) is 0 Å². The maximum absolute atomic E-state index is 5.35. The molecular formula is C18H33IN4O. The van der Waals surface area contributed by atoms with E-state index in [-0.39, 0.29) is 24.0 Å². The molecular weight excluding hydrogens is 415 g/mol. The average molecular weight is 448 g/mol. The fourth-order valence-electron chi connectivity index (χ4n) is 2.95. The van der Waals surface area contributed by atoms with Crippen LogP contribution in [0.3, 0.4) is 0 Å². The van der Waals surface area contributed by atoms with Gasteiger partial charge in [0.15, 0.2) is 5.96 Å². The van der Waals surface area contributed by atoms with Crippen molar-refractivity contribution in [3.05, 3.63) is 24.2 Å². The Morgan fingerprint density at radius 2 is 2.00 bits per heavy atom. The van der Waals surface area contributed by atoms with Gasteiger partial charge in [-0.05, 0) is 58.0 Å². The van der Waals surface area contributed by atoms with Crippen LogP contribution in [0.1, 0.15) is 44.8 Å². The lowest BCUT2D eigenvalue weighted by atomic mass is 10.2. The largest absolute Gasteiger partial charge is 0.469 e. The minimum atomic E-state index is 0. The number of hydrogen-bond acceptors (Lipinski definition) is 3. The van der Waals surface area contributed by atoms with Crippen LogP contribution in [0.25, 0.3) is 0 Å². The molecule has 6 heteroatoms. The van der Waals surface area contributed by atoms with Gasteiger partial charge in [0.1, 0.15) is 5.76 Å². The molecule has 1 aliphatic heterocycles. The van der Waals surface area contributed by atoms with Crippen molar-refractivity contribution in [3.63, 3.8) is 0 Å². The molecule has 5 nitrogen and oxygen atoms in total. The molecule has 2 heterocycles. The average Bonchev–Trinajstić information content (AvgIpc) is 2.94. The summed E-state index contributed by atoms with van der Waals surface area (Å²) in [4.78, 5) is 7.27. The van der Waals surface area contributed by atoms with E-state index in [9.17, 15) is 0 Å². The number of furan rings is 1. The highest BCUT2D eigenvalue weighted by Crippen LogP contribution is 2.09. The maximum atomic E-state index is 5.35. The van der Waals surface area contributed by atoms with Gasteiger partial charge in [-0.3, -0.25) is 4.99 Å². The molecule has 24 heavy (non-hydrogen) atoms. The van der Waals surface area contributed by atoms with E-state index in [2.05, 4.69) is 27.4 Å². The molecule has 1 fully saturated rings. The summed E-state index contributed by atoms with van der Waals surface area (Å²) >= 11 is 0. The Morgan fingerprint density at radius 1 is 1.21 bits per heavy atom. The first-order valence-corrected chi connectivity index (χ1v) is 9.15. The molecule has 0 amide bonds. The van der Waals surface area contributed by atoms with Gasteiger partial charge in [0.05, 0.1) is 6.26 Å². The zero-order chi connectivity index (χ0) is 16.2. The second-order valence-electron chi connectivity index (χ2n) is 6.13. The fourth-order valence-corrected chi connectivity index (χ4v) is 2.95. The maximum Gasteiger partial charge on any atom is 0.191 e. The van der Waals surface area contributed by atoms with Crippen LogP contribution in [0, 0.1) is 0 Å². The van der Waals surface area contributed by atoms with E-state index in [1.165, 1.54) is 45.3 Å². The molecule has 0 saturated carbocycles. The first-order chi connectivity index (χ1) is 11.4. The summed E-state index contributed by atoms with van der Waals surface area (Å²) in [7, 11) is 0. The van der Waals surface area contributed by atoms with Crippen LogP contribution in [0.15, 0.2) is 27.8 Å². The van der Waals surface area contributed by atoms with Crippen LogP contribution < -0.4 is 10.6 Å². The predicted molar refractivity (Wildman–Crippen MR) is 111 cm³/mol. The van der Waals surface area contributed by atoms with Crippen LogP contribution in [0.4, 0.5) is 0 Å². The molecule has 1 aromatic rings. The van der Waals surface area contributed by atoms with Gasteiger partial charge in [0.2, 0.25) is 0 Å². The zero-order valence-electron chi connectivity index (χ0n) is 14.9. The van der Waals surface area contributed by atoms with Gasteiger partial charge in [0, 0.05) is 26.1 Å². The number of likely N-dealkylation sites (tertiary alicyclic amines) is 1. The summed E-state index contributed by atoms with van der Waals surface area (Å²) < 4.78 is 5.35. The van der Waals surface area contributed by atoms with Crippen LogP contribution in [-0.2, 0) is 6.42 Å². The first kappa shape index (κ1) is 21.3. The minimum absolute atomic E-state index is 0. The van der Waals surface area contributed by atoms with E-state index in [1.807, 2.05) is 12.1 Å². The normalized spacial score (nSPS) is 16.3. The molecule has 1 aliphatic rings. The van der Waals surface area contributed by atoms with E-state index in [0.717, 1.165) is 44.2 Å². The van der Waals surface area contributed by atoms with Gasteiger partial charge in [-0.15, -0.1) is 24.0 Å². The van der Waals surface area contributed by atoms with E-state index in [1.54, 1.807) is 6.26 Å². The zero-order valence-corrected chi connectivity index (χ0v) is 17.3. The highest BCUT2D eigenvalue weighted by Gasteiger charge is 2.07. The predicted octanol–water partition coefficient (Wildman–Crippen LogP) is 3.26. The van der Waals surface area contributed by atoms with Gasteiger partial charge >= 0.3 is 0 Å². The SMILES string of the molecule is CCNC(=NCCCN1CCCCCC1)NCCc1ccco1.I. The molecule has 0 bridgehead atoms. The quantitative estimate of drug-likeness (QED) is 0.278. The van der Waals surface area contributed by atoms with Crippen molar-refractivity contribution in [1.29, 1.82) is 0 Å². The standard InChI is InChI=1S/C18H32N4O.HI/c1-2-19-18(21-12-10-17-9-7-16-23-17)20-11-8-15-22-13-5-3-4-6-14-22;/h7,9,16H,2-6,8,10-15H2,1H3,(H2,19,20,21);1H. The fraction of sp³-hybridized carbons (Fsp3) is 0.722. The molecule has 0 spiro atoms. The molecule has 0 aromatic carbocycles. The van der Waals surface area contributed by atoms with Crippen molar-refractivity contribution in [2.45, 2.75) is 45.4 Å². The van der Waals surface area contributed by atoms with Gasteiger partial charge in [-0.1, -0.05) is 12.8 Å². The molecule has 1 aromatic heterocycles. The molecule has 0 atom stereocenters. The summed E-state index contributed by atoms with van der Waals surface area (Å²) in [5, 5.41) is 6.68. The lowest BCUT2D eigenvalue weighted by molar-refractivity contribution is 0.283. The highest BCUT2D eigenvalue weighted by atomic mass is 127. The van der Waals surface area contributed by atoms with Crippen molar-refractivity contribution in [3.8, 4) is 0 Å². The Hall–Kier alpha value is -0.760. The topological polar surface area (TPSA) is 52.8 Å². The summed E-state index contributed by atoms with van der Waals surface area (Å²) in [5.74, 6) is 1.92. The Balaban J connectivity index is 0.00000288. The lowest BCUT2D eigenvalue weighted by Gasteiger charge is -2.19. The van der Waals surface area contributed by atoms with E-state index in [4.69, 9.17) is 4.42 Å². The Bertz CT molecular complexity index is 428. The first-order valence-electron chi connectivity index (χ1n) is 9.15. The third-order valence-electron chi connectivity index (χ3n) is 4.19. The molecule has 0 unspecified atom stereocenters. The molecule has 0 aliphatic carbocycles. The highest BCUT2D eigenvalue weighted by molar-refractivity contribution is 14.0. The summed E-state index contributed by atoms with van der Waals surface area (Å²) in [6.45, 7) is 8.42. The minimum Gasteiger partial charge on any atom is -0.469 e. The number of guanidine groups is 1. The van der Waals surface area contributed by atoms with Crippen molar-refractivity contribution in [2.75, 3.05) is 39.3 Å². The Labute approximate surface area is 163 Å². The van der Waals surface area contributed by atoms with E-state index >= 15 is 0 Å². The molecule has 0 radical (unpaired) electrons. The Kier molecular flexibility index (Phi) is 12.0. The molecule has 2 rings (SSSR count). The molecule has 2 N–H and O–H groups in total. The van der Waals surface area contributed by atoms with Gasteiger partial charge in [-0.2, -0.15) is 0 Å². The number of halogens is 1. The summed E-state index contributed by atoms with van der Waals surface area (Å²) in [6.07, 6.45) is 9.26. The Morgan fingerprint density at radius 3 is 2.67 bits per heavy atom. The van der Waals surface area contributed by atoms with Crippen LogP contribution in [-0.4, -0.2) is 50.1 Å². The van der Waals surface area contributed by atoms with Crippen molar-refractivity contribution in [1.82, 2.24) is 15.5 Å². The summed E-state index contributed by atoms with van der Waals surface area (Å²) in [6, 6.07) is 3.93. The van der Waals surface area contributed by atoms with Crippen LogP contribution in [0.2, 0.25) is 0 Å². The van der Waals surface area contributed by atoms with E-state index < -0.39 is 0 Å². The van der Waals surface area contributed by atoms with Crippen LogP contribution in [0.5, 0.6) is 0 Å². The van der Waals surface area contributed by atoms with Crippen molar-refractivity contribution in [2.24, 2.45) is 4.99 Å². The lowest BCUT2D eigenvalue weighted by Crippen LogP contribution is -2.38. The summed E-state index contributed by atoms with van der Waals surface area (Å²) in [5.41, 5.74) is 0. The number of nitrogens with one attached hydrogen (secondary N) is 2. The number of rotatable bonds is 8. The molecule has 1 saturated heterocycles. The molecule has 138 valence electrons. The van der Waals surface area contributed by atoms with Crippen LogP contribution >= 0.6 is 24.0 Å². The third-order valence-corrected chi connectivity index (χ3v) is 4.19. The number of nitrogens with zero attached hydrogens (tertiary/aromatic N) is 2. The van der Waals surface area contributed by atoms with Gasteiger partial charge < -0.3 is 20.0 Å². The van der Waals surface area contributed by atoms with Gasteiger partial charge in [0.25, 0.3) is 0 Å². The van der Waals surface area contributed by atoms with Crippen molar-refractivity contribution < 1.29 is 4.42 Å². The second kappa shape index (κ2) is 13.5. The third kappa shape index (κ3) is 8.92.